The lowest BCUT2D eigenvalue weighted by atomic mass is 10.1. The van der Waals surface area contributed by atoms with Crippen LogP contribution in [0.3, 0.4) is 0 Å². The van der Waals surface area contributed by atoms with Gasteiger partial charge in [-0.2, -0.15) is 0 Å². The number of hydrogen-bond acceptors (Lipinski definition) is 4. The van der Waals surface area contributed by atoms with Gasteiger partial charge in [0.2, 0.25) is 0 Å². The van der Waals surface area contributed by atoms with E-state index in [1.54, 1.807) is 20.8 Å². The summed E-state index contributed by atoms with van der Waals surface area (Å²) in [6.45, 7) is 6.16. The first-order chi connectivity index (χ1) is 11.4. The van der Waals surface area contributed by atoms with Crippen molar-refractivity contribution < 1.29 is 14.3 Å². The van der Waals surface area contributed by atoms with Crippen molar-refractivity contribution in [3.8, 4) is 5.75 Å². The first kappa shape index (κ1) is 18.1. The van der Waals surface area contributed by atoms with Crippen LogP contribution in [0.2, 0.25) is 5.02 Å². The van der Waals surface area contributed by atoms with Gasteiger partial charge in [0.1, 0.15) is 5.75 Å². The molecule has 0 heterocycles. The van der Waals surface area contributed by atoms with Crippen LogP contribution in [0.25, 0.3) is 0 Å². The van der Waals surface area contributed by atoms with E-state index in [0.29, 0.717) is 23.9 Å². The van der Waals surface area contributed by atoms with Crippen LogP contribution >= 0.6 is 11.6 Å². The summed E-state index contributed by atoms with van der Waals surface area (Å²) < 4.78 is 10.8. The van der Waals surface area contributed by atoms with Gasteiger partial charge in [0.05, 0.1) is 6.61 Å². The molecule has 2 aromatic carbocycles. The molecule has 0 aliphatic heterocycles. The Labute approximate surface area is 147 Å². The van der Waals surface area contributed by atoms with Crippen LogP contribution in [0.15, 0.2) is 48.5 Å². The van der Waals surface area contributed by atoms with Crippen molar-refractivity contribution in [2.24, 2.45) is 0 Å². The van der Waals surface area contributed by atoms with Crippen LogP contribution in [0, 0.1) is 0 Å². The molecule has 0 aromatic heterocycles. The van der Waals surface area contributed by atoms with Gasteiger partial charge in [0.25, 0.3) is 0 Å². The van der Waals surface area contributed by atoms with Crippen molar-refractivity contribution in [1.82, 2.24) is 0 Å². The molecule has 0 spiro atoms. The molecule has 0 radical (unpaired) electrons. The highest BCUT2D eigenvalue weighted by Crippen LogP contribution is 2.21. The molecule has 24 heavy (non-hydrogen) atoms. The molecule has 0 aliphatic carbocycles. The third kappa shape index (κ3) is 5.17. The maximum absolute atomic E-state index is 11.9. The van der Waals surface area contributed by atoms with Crippen LogP contribution in [0.1, 0.15) is 26.3 Å². The smallest absolute Gasteiger partial charge is 0.349 e. The summed E-state index contributed by atoms with van der Waals surface area (Å²) in [7, 11) is 0. The Morgan fingerprint density at radius 3 is 2.50 bits per heavy atom. The number of rotatable bonds is 7. The number of benzene rings is 2. The van der Waals surface area contributed by atoms with Gasteiger partial charge in [-0.25, -0.2) is 4.79 Å². The SMILES string of the molecule is CCOC(=O)C(C)(C)Oc1ccc(CNc2cccc(Cl)c2)cc1. The lowest BCUT2D eigenvalue weighted by molar-refractivity contribution is -0.158. The van der Waals surface area contributed by atoms with E-state index in [1.807, 2.05) is 48.5 Å². The van der Waals surface area contributed by atoms with Crippen LogP contribution < -0.4 is 10.1 Å². The van der Waals surface area contributed by atoms with Crippen molar-refractivity contribution >= 4 is 23.3 Å². The minimum atomic E-state index is -1.02. The number of carbonyl (C=O) groups excluding carboxylic acids is 1. The molecular weight excluding hydrogens is 326 g/mol. The molecule has 0 bridgehead atoms. The molecule has 4 nitrogen and oxygen atoms in total. The topological polar surface area (TPSA) is 47.6 Å². The molecule has 0 aliphatic rings. The molecule has 2 rings (SSSR count). The van der Waals surface area contributed by atoms with Crippen LogP contribution in [0.5, 0.6) is 5.75 Å². The first-order valence-corrected chi connectivity index (χ1v) is 8.23. The Balaban J connectivity index is 1.94. The van der Waals surface area contributed by atoms with E-state index in [0.717, 1.165) is 11.3 Å². The minimum Gasteiger partial charge on any atom is -0.476 e. The number of halogens is 1. The van der Waals surface area contributed by atoms with Crippen LogP contribution in [-0.2, 0) is 16.1 Å². The summed E-state index contributed by atoms with van der Waals surface area (Å²) in [5.74, 6) is 0.247. The Kier molecular flexibility index (Phi) is 6.10. The molecule has 0 saturated carbocycles. The second-order valence-corrected chi connectivity index (χ2v) is 6.28. The zero-order valence-electron chi connectivity index (χ0n) is 14.1. The largest absolute Gasteiger partial charge is 0.476 e. The standard InChI is InChI=1S/C19H22ClNO3/c1-4-23-18(22)19(2,3)24-17-10-8-14(9-11-17)13-21-16-7-5-6-15(20)12-16/h5-12,21H,4,13H2,1-3H3. The highest BCUT2D eigenvalue weighted by molar-refractivity contribution is 6.30. The fourth-order valence-corrected chi connectivity index (χ4v) is 2.31. The number of nitrogens with one attached hydrogen (secondary N) is 1. The monoisotopic (exact) mass is 347 g/mol. The van der Waals surface area contributed by atoms with Gasteiger partial charge in [0.15, 0.2) is 5.60 Å². The summed E-state index contributed by atoms with van der Waals surface area (Å²) >= 11 is 5.96. The highest BCUT2D eigenvalue weighted by Gasteiger charge is 2.31. The number of hydrogen-bond donors (Lipinski definition) is 1. The lowest BCUT2D eigenvalue weighted by Crippen LogP contribution is -2.39. The Bertz CT molecular complexity index is 683. The molecule has 0 amide bonds. The van der Waals surface area contributed by atoms with Crippen molar-refractivity contribution in [1.29, 1.82) is 0 Å². The Hall–Kier alpha value is -2.20. The zero-order valence-corrected chi connectivity index (χ0v) is 14.9. The fourth-order valence-electron chi connectivity index (χ4n) is 2.12. The van der Waals surface area contributed by atoms with E-state index in [1.165, 1.54) is 0 Å². The first-order valence-electron chi connectivity index (χ1n) is 7.85. The average molecular weight is 348 g/mol. The van der Waals surface area contributed by atoms with Gasteiger partial charge in [-0.05, 0) is 56.7 Å². The summed E-state index contributed by atoms with van der Waals surface area (Å²) in [6, 6.07) is 15.2. The van der Waals surface area contributed by atoms with Gasteiger partial charge in [0, 0.05) is 17.3 Å². The van der Waals surface area contributed by atoms with Gasteiger partial charge in [-0.1, -0.05) is 29.8 Å². The second-order valence-electron chi connectivity index (χ2n) is 5.84. The number of anilines is 1. The number of carbonyl (C=O) groups is 1. The van der Waals surface area contributed by atoms with Gasteiger partial charge >= 0.3 is 5.97 Å². The number of esters is 1. The summed E-state index contributed by atoms with van der Waals surface area (Å²) in [4.78, 5) is 11.9. The molecule has 0 unspecified atom stereocenters. The van der Waals surface area contributed by atoms with E-state index in [4.69, 9.17) is 21.1 Å². The van der Waals surface area contributed by atoms with Crippen molar-refractivity contribution in [2.75, 3.05) is 11.9 Å². The van der Waals surface area contributed by atoms with E-state index in [-0.39, 0.29) is 5.97 Å². The third-order valence-electron chi connectivity index (χ3n) is 3.38. The summed E-state index contributed by atoms with van der Waals surface area (Å²) in [5.41, 5.74) is 1.04. The van der Waals surface area contributed by atoms with Gasteiger partial charge < -0.3 is 14.8 Å². The molecule has 0 saturated heterocycles. The summed E-state index contributed by atoms with van der Waals surface area (Å²) in [6.07, 6.45) is 0. The van der Waals surface area contributed by atoms with Crippen molar-refractivity contribution in [2.45, 2.75) is 32.9 Å². The summed E-state index contributed by atoms with van der Waals surface area (Å²) in [5, 5.41) is 4.00. The van der Waals surface area contributed by atoms with Crippen molar-refractivity contribution in [3.63, 3.8) is 0 Å². The molecule has 0 fully saturated rings. The number of ether oxygens (including phenoxy) is 2. The maximum Gasteiger partial charge on any atom is 0.349 e. The second kappa shape index (κ2) is 8.06. The molecule has 1 N–H and O–H groups in total. The Morgan fingerprint density at radius 2 is 1.88 bits per heavy atom. The molecule has 5 heteroatoms. The minimum absolute atomic E-state index is 0.333. The maximum atomic E-state index is 11.9. The quantitative estimate of drug-likeness (QED) is 0.739. The van der Waals surface area contributed by atoms with E-state index >= 15 is 0 Å². The molecule has 2 aromatic rings. The predicted octanol–water partition coefficient (Wildman–Crippen LogP) is 4.67. The molecule has 0 atom stereocenters. The van der Waals surface area contributed by atoms with Crippen LogP contribution in [0.4, 0.5) is 5.69 Å². The average Bonchev–Trinajstić information content (AvgIpc) is 2.54. The zero-order chi connectivity index (χ0) is 17.6. The Morgan fingerprint density at radius 1 is 1.17 bits per heavy atom. The van der Waals surface area contributed by atoms with E-state index in [2.05, 4.69) is 5.32 Å². The third-order valence-corrected chi connectivity index (χ3v) is 3.62. The van der Waals surface area contributed by atoms with Crippen LogP contribution in [-0.4, -0.2) is 18.2 Å². The molecular formula is C19H22ClNO3. The fraction of sp³-hybridized carbons (Fsp3) is 0.316. The lowest BCUT2D eigenvalue weighted by Gasteiger charge is -2.24. The van der Waals surface area contributed by atoms with Gasteiger partial charge in [-0.3, -0.25) is 0 Å². The van der Waals surface area contributed by atoms with E-state index < -0.39 is 5.60 Å². The normalized spacial score (nSPS) is 11.0. The highest BCUT2D eigenvalue weighted by atomic mass is 35.5. The van der Waals surface area contributed by atoms with E-state index in [9.17, 15) is 4.79 Å². The van der Waals surface area contributed by atoms with Crippen molar-refractivity contribution in [3.05, 3.63) is 59.1 Å². The van der Waals surface area contributed by atoms with Gasteiger partial charge in [-0.15, -0.1) is 0 Å². The predicted molar refractivity (Wildman–Crippen MR) is 96.6 cm³/mol. The molecule has 128 valence electrons.